The minimum absolute atomic E-state index is 0.234. The van der Waals surface area contributed by atoms with Crippen molar-refractivity contribution in [1.29, 1.82) is 0 Å². The maximum Gasteiger partial charge on any atom is 0.330 e. The Labute approximate surface area is 118 Å². The van der Waals surface area contributed by atoms with E-state index < -0.39 is 13.6 Å². The second-order valence-electron chi connectivity index (χ2n) is 3.82. The van der Waals surface area contributed by atoms with Gasteiger partial charge in [-0.2, -0.15) is 0 Å². The van der Waals surface area contributed by atoms with E-state index in [0.717, 1.165) is 13.0 Å². The number of esters is 1. The van der Waals surface area contributed by atoms with Gasteiger partial charge in [0, 0.05) is 19.6 Å². The number of carbonyl (C=O) groups is 1. The number of alkyl halides is 2. The summed E-state index contributed by atoms with van der Waals surface area (Å²) in [5.74, 6) is 0.126. The number of rotatable bonds is 5. The predicted octanol–water partition coefficient (Wildman–Crippen LogP) is 0.766. The average Bonchev–Trinajstić information content (AvgIpc) is 2.25. The fourth-order valence-electron chi connectivity index (χ4n) is 1.50. The van der Waals surface area contributed by atoms with E-state index >= 15 is 0 Å². The van der Waals surface area contributed by atoms with Crippen LogP contribution in [0.4, 0.5) is 0 Å². The molecule has 0 aromatic heterocycles. The zero-order chi connectivity index (χ0) is 12.9. The van der Waals surface area contributed by atoms with Crippen LogP contribution >= 0.6 is 31.9 Å². The van der Waals surface area contributed by atoms with Gasteiger partial charge in [0.15, 0.2) is 13.6 Å². The molecule has 8 heteroatoms. The Balaban J connectivity index is 2.10. The number of halogens is 2. The van der Waals surface area contributed by atoms with Gasteiger partial charge in [0.2, 0.25) is 0 Å². The molecule has 0 aliphatic carbocycles. The third-order valence-corrected chi connectivity index (χ3v) is 4.84. The second-order valence-corrected chi connectivity index (χ2v) is 9.18. The fourth-order valence-corrected chi connectivity index (χ4v) is 3.04. The molecule has 0 aromatic carbocycles. The predicted molar refractivity (Wildman–Crippen MR) is 72.3 cm³/mol. The van der Waals surface area contributed by atoms with Crippen molar-refractivity contribution in [2.24, 2.45) is 0 Å². The molecule has 0 aromatic rings. The lowest BCUT2D eigenvalue weighted by molar-refractivity contribution is -0.141. The molecule has 0 unspecified atom stereocenters. The number of sulfone groups is 1. The van der Waals surface area contributed by atoms with Crippen molar-refractivity contribution in [3.8, 4) is 0 Å². The summed E-state index contributed by atoms with van der Waals surface area (Å²) in [6.45, 7) is 2.28. The van der Waals surface area contributed by atoms with Crippen molar-refractivity contribution < 1.29 is 17.9 Å². The highest BCUT2D eigenvalue weighted by molar-refractivity contribution is 9.25. The molecule has 0 spiro atoms. The first kappa shape index (κ1) is 15.4. The Morgan fingerprint density at radius 1 is 1.29 bits per heavy atom. The lowest BCUT2D eigenvalue weighted by Gasteiger charge is -2.26. The van der Waals surface area contributed by atoms with Gasteiger partial charge in [0.05, 0.1) is 18.1 Å². The highest BCUT2D eigenvalue weighted by atomic mass is 79.9. The molecule has 17 heavy (non-hydrogen) atoms. The Kier molecular flexibility index (Phi) is 6.39. The van der Waals surface area contributed by atoms with Crippen LogP contribution in [0, 0.1) is 0 Å². The number of nitrogens with zero attached hydrogens (tertiary/aromatic N) is 1. The quantitative estimate of drug-likeness (QED) is 0.392. The molecule has 0 amide bonds. The van der Waals surface area contributed by atoms with Crippen LogP contribution in [0.2, 0.25) is 0 Å². The molecular formula is C9H15Br2NO4S. The number of carbonyl (C=O) groups excluding carboxylic acids is 1. The van der Waals surface area contributed by atoms with E-state index in [4.69, 9.17) is 4.74 Å². The third-order valence-electron chi connectivity index (χ3n) is 2.48. The standard InChI is InChI=1S/C9H15Br2NO4S/c10-8(11)9(13)16-5-1-2-12-3-6-17(14,15)7-4-12/h8H,1-7H2. The molecule has 100 valence electrons. The first-order chi connectivity index (χ1) is 7.91. The van der Waals surface area contributed by atoms with Gasteiger partial charge in [-0.3, -0.25) is 0 Å². The van der Waals surface area contributed by atoms with Crippen LogP contribution in [0.3, 0.4) is 0 Å². The van der Waals surface area contributed by atoms with Gasteiger partial charge in [0.1, 0.15) is 0 Å². The maximum absolute atomic E-state index is 11.2. The summed E-state index contributed by atoms with van der Waals surface area (Å²) in [5, 5.41) is 0. The van der Waals surface area contributed by atoms with Crippen molar-refractivity contribution >= 4 is 47.7 Å². The molecule has 0 N–H and O–H groups in total. The Morgan fingerprint density at radius 3 is 2.41 bits per heavy atom. The normalized spacial score (nSPS) is 20.4. The molecule has 5 nitrogen and oxygen atoms in total. The fraction of sp³-hybridized carbons (Fsp3) is 0.889. The highest BCUT2D eigenvalue weighted by Gasteiger charge is 2.21. The Bertz CT molecular complexity index is 344. The minimum atomic E-state index is -2.81. The van der Waals surface area contributed by atoms with E-state index in [-0.39, 0.29) is 17.5 Å². The molecule has 1 fully saturated rings. The molecule has 1 saturated heterocycles. The summed E-state index contributed by atoms with van der Waals surface area (Å²) in [5.41, 5.74) is 0. The van der Waals surface area contributed by atoms with Crippen molar-refractivity contribution in [2.75, 3.05) is 37.7 Å². The SMILES string of the molecule is O=C(OCCCN1CCS(=O)(=O)CC1)C(Br)Br. The van der Waals surface area contributed by atoms with Crippen LogP contribution in [0.1, 0.15) is 6.42 Å². The summed E-state index contributed by atoms with van der Waals surface area (Å²) >= 11 is 6.09. The molecule has 1 rings (SSSR count). The molecule has 1 aliphatic heterocycles. The van der Waals surface area contributed by atoms with Gasteiger partial charge >= 0.3 is 5.97 Å². The van der Waals surface area contributed by atoms with E-state index in [2.05, 4.69) is 36.8 Å². The zero-order valence-corrected chi connectivity index (χ0v) is 13.3. The van der Waals surface area contributed by atoms with Crippen molar-refractivity contribution in [3.05, 3.63) is 0 Å². The summed E-state index contributed by atoms with van der Waals surface area (Å²) in [4.78, 5) is 13.1. The van der Waals surface area contributed by atoms with Gasteiger partial charge in [-0.25, -0.2) is 13.2 Å². The number of hydrogen-bond acceptors (Lipinski definition) is 5. The molecule has 0 radical (unpaired) electrons. The van der Waals surface area contributed by atoms with Gasteiger partial charge in [-0.15, -0.1) is 0 Å². The van der Waals surface area contributed by atoms with Gasteiger partial charge in [0.25, 0.3) is 0 Å². The van der Waals surface area contributed by atoms with Crippen LogP contribution in [0.25, 0.3) is 0 Å². The Morgan fingerprint density at radius 2 is 1.88 bits per heavy atom. The Hall–Kier alpha value is 0.340. The molecular weight excluding hydrogens is 378 g/mol. The number of ether oxygens (including phenoxy) is 1. The zero-order valence-electron chi connectivity index (χ0n) is 9.27. The second kappa shape index (κ2) is 7.06. The summed E-state index contributed by atoms with van der Waals surface area (Å²) in [6, 6.07) is 0. The summed E-state index contributed by atoms with van der Waals surface area (Å²) in [6.07, 6.45) is 0.721. The molecule has 0 bridgehead atoms. The van der Waals surface area contributed by atoms with Crippen LogP contribution in [-0.4, -0.2) is 60.8 Å². The highest BCUT2D eigenvalue weighted by Crippen LogP contribution is 2.10. The number of hydrogen-bond donors (Lipinski definition) is 0. The van der Waals surface area contributed by atoms with Gasteiger partial charge in [-0.05, 0) is 6.42 Å². The van der Waals surface area contributed by atoms with Crippen molar-refractivity contribution in [1.82, 2.24) is 4.90 Å². The molecule has 1 aliphatic rings. The van der Waals surface area contributed by atoms with E-state index in [9.17, 15) is 13.2 Å². The van der Waals surface area contributed by atoms with Crippen LogP contribution < -0.4 is 0 Å². The largest absolute Gasteiger partial charge is 0.464 e. The smallest absolute Gasteiger partial charge is 0.330 e. The van der Waals surface area contributed by atoms with Crippen molar-refractivity contribution in [2.45, 2.75) is 10.2 Å². The van der Waals surface area contributed by atoms with E-state index in [1.807, 2.05) is 0 Å². The minimum Gasteiger partial charge on any atom is -0.464 e. The van der Waals surface area contributed by atoms with Crippen LogP contribution in [-0.2, 0) is 19.4 Å². The molecule has 0 atom stereocenters. The first-order valence-corrected chi connectivity index (χ1v) is 8.93. The average molecular weight is 393 g/mol. The van der Waals surface area contributed by atoms with E-state index in [1.54, 1.807) is 0 Å². The lowest BCUT2D eigenvalue weighted by atomic mass is 10.4. The van der Waals surface area contributed by atoms with Crippen LogP contribution in [0.15, 0.2) is 0 Å². The molecule has 1 heterocycles. The van der Waals surface area contributed by atoms with Gasteiger partial charge in [-0.1, -0.05) is 31.9 Å². The van der Waals surface area contributed by atoms with Gasteiger partial charge < -0.3 is 9.64 Å². The van der Waals surface area contributed by atoms with Crippen LogP contribution in [0.5, 0.6) is 0 Å². The lowest BCUT2D eigenvalue weighted by Crippen LogP contribution is -2.40. The maximum atomic E-state index is 11.2. The summed E-state index contributed by atoms with van der Waals surface area (Å²) in [7, 11) is -2.81. The van der Waals surface area contributed by atoms with E-state index in [1.165, 1.54) is 0 Å². The topological polar surface area (TPSA) is 63.7 Å². The monoisotopic (exact) mass is 391 g/mol. The first-order valence-electron chi connectivity index (χ1n) is 5.28. The van der Waals surface area contributed by atoms with Crippen molar-refractivity contribution in [3.63, 3.8) is 0 Å². The summed E-state index contributed by atoms with van der Waals surface area (Å²) < 4.78 is 26.9. The molecule has 0 saturated carbocycles. The van der Waals surface area contributed by atoms with E-state index in [0.29, 0.717) is 19.7 Å². The third kappa shape index (κ3) is 6.17.